The molecule has 11 heteroatoms. The number of fused-ring (bicyclic) bond motifs is 1. The van der Waals surface area contributed by atoms with E-state index < -0.39 is 18.4 Å². The second-order valence-corrected chi connectivity index (χ2v) is 7.08. The van der Waals surface area contributed by atoms with E-state index in [1.807, 2.05) is 11.0 Å². The second-order valence-electron chi connectivity index (χ2n) is 7.08. The quantitative estimate of drug-likeness (QED) is 0.519. The Balaban J connectivity index is 1.58. The molecule has 0 atom stereocenters. The summed E-state index contributed by atoms with van der Waals surface area (Å²) in [5.41, 5.74) is 4.62. The Labute approximate surface area is 165 Å². The molecule has 0 radical (unpaired) electrons. The van der Waals surface area contributed by atoms with Crippen LogP contribution in [0.2, 0.25) is 0 Å². The zero-order valence-electron chi connectivity index (χ0n) is 15.8. The summed E-state index contributed by atoms with van der Waals surface area (Å²) in [6.07, 6.45) is 1.92. The van der Waals surface area contributed by atoms with E-state index in [9.17, 15) is 18.4 Å². The van der Waals surface area contributed by atoms with Crippen LogP contribution in [0, 0.1) is 0 Å². The molecule has 0 bridgehead atoms. The molecule has 2 aliphatic rings. The van der Waals surface area contributed by atoms with Crippen molar-refractivity contribution in [2.24, 2.45) is 0 Å². The lowest BCUT2D eigenvalue weighted by Crippen LogP contribution is -2.32. The Bertz CT molecular complexity index is 933. The number of pyridine rings is 1. The number of carbonyl (C=O) groups excluding carboxylic acids is 2. The number of hydrogen-bond acceptors (Lipinski definition) is 6. The fourth-order valence-corrected chi connectivity index (χ4v) is 3.51. The molecule has 2 aromatic heterocycles. The second kappa shape index (κ2) is 7.22. The van der Waals surface area contributed by atoms with Crippen molar-refractivity contribution in [2.75, 3.05) is 48.9 Å². The third kappa shape index (κ3) is 3.80. The van der Waals surface area contributed by atoms with Crippen molar-refractivity contribution < 1.29 is 18.4 Å². The highest BCUT2D eigenvalue weighted by atomic mass is 19.3. The molecule has 3 N–H and O–H groups in total. The van der Waals surface area contributed by atoms with Gasteiger partial charge < -0.3 is 20.1 Å². The molecule has 2 aromatic rings. The SMILES string of the molecule is CN(C=O)Nc1cc(N2CCNc3cc(C(=O)N4CCC(F)(F)C4)[nH]c32)ccn1. The van der Waals surface area contributed by atoms with Crippen LogP contribution in [-0.4, -0.2) is 71.3 Å². The van der Waals surface area contributed by atoms with Gasteiger partial charge in [-0.2, -0.15) is 0 Å². The van der Waals surface area contributed by atoms with E-state index in [1.54, 1.807) is 25.4 Å². The zero-order chi connectivity index (χ0) is 20.6. The van der Waals surface area contributed by atoms with Gasteiger partial charge in [-0.15, -0.1) is 0 Å². The van der Waals surface area contributed by atoms with Crippen molar-refractivity contribution in [1.29, 1.82) is 0 Å². The lowest BCUT2D eigenvalue weighted by molar-refractivity contribution is -0.115. The van der Waals surface area contributed by atoms with Gasteiger partial charge in [0.1, 0.15) is 17.3 Å². The molecule has 1 saturated heterocycles. The van der Waals surface area contributed by atoms with Crippen LogP contribution in [0.25, 0.3) is 0 Å². The normalized spacial score (nSPS) is 17.5. The van der Waals surface area contributed by atoms with Gasteiger partial charge in [0.25, 0.3) is 11.8 Å². The van der Waals surface area contributed by atoms with Gasteiger partial charge in [-0.3, -0.25) is 20.0 Å². The summed E-state index contributed by atoms with van der Waals surface area (Å²) in [5.74, 6) is -2.12. The molecule has 0 aliphatic carbocycles. The first-order valence-corrected chi connectivity index (χ1v) is 9.19. The molecule has 1 fully saturated rings. The number of alkyl halides is 2. The maximum Gasteiger partial charge on any atom is 0.270 e. The van der Waals surface area contributed by atoms with Crippen LogP contribution in [0.1, 0.15) is 16.9 Å². The first-order chi connectivity index (χ1) is 13.9. The summed E-state index contributed by atoms with van der Waals surface area (Å²) in [6.45, 7) is 0.738. The number of aromatic nitrogens is 2. The van der Waals surface area contributed by atoms with Gasteiger partial charge >= 0.3 is 0 Å². The van der Waals surface area contributed by atoms with E-state index in [-0.39, 0.29) is 18.7 Å². The van der Waals surface area contributed by atoms with Crippen LogP contribution >= 0.6 is 0 Å². The molecule has 0 spiro atoms. The summed E-state index contributed by atoms with van der Waals surface area (Å²) in [6, 6.07) is 5.24. The largest absolute Gasteiger partial charge is 0.380 e. The van der Waals surface area contributed by atoms with Gasteiger partial charge in [0, 0.05) is 51.1 Å². The van der Waals surface area contributed by atoms with Crippen LogP contribution < -0.4 is 15.6 Å². The number of aromatic amines is 1. The van der Waals surface area contributed by atoms with Crippen molar-refractivity contribution in [3.63, 3.8) is 0 Å². The van der Waals surface area contributed by atoms with Gasteiger partial charge in [0.05, 0.1) is 12.2 Å². The zero-order valence-corrected chi connectivity index (χ0v) is 15.8. The van der Waals surface area contributed by atoms with Crippen molar-refractivity contribution >= 4 is 35.3 Å². The summed E-state index contributed by atoms with van der Waals surface area (Å²) in [5, 5.41) is 4.47. The molecule has 9 nitrogen and oxygen atoms in total. The average Bonchev–Trinajstić information content (AvgIpc) is 3.30. The molecule has 4 heterocycles. The standard InChI is InChI=1S/C18H21F2N7O2/c1-25(11-28)24-15-8-12(2-4-22-15)27-7-5-21-13-9-14(23-16(13)27)17(29)26-6-3-18(19,20)10-26/h2,4,8-9,11,21,23H,3,5-7,10H2,1H3,(H,22,24). The van der Waals surface area contributed by atoms with E-state index >= 15 is 0 Å². The van der Waals surface area contributed by atoms with Crippen molar-refractivity contribution in [3.05, 3.63) is 30.1 Å². The predicted octanol–water partition coefficient (Wildman–Crippen LogP) is 1.87. The molecule has 4 rings (SSSR count). The lowest BCUT2D eigenvalue weighted by atomic mass is 10.2. The maximum absolute atomic E-state index is 13.5. The number of likely N-dealkylation sites (tertiary alicyclic amines) is 1. The molecular weight excluding hydrogens is 384 g/mol. The van der Waals surface area contributed by atoms with Crippen LogP contribution in [0.3, 0.4) is 0 Å². The highest BCUT2D eigenvalue weighted by Crippen LogP contribution is 2.36. The van der Waals surface area contributed by atoms with E-state index in [4.69, 9.17) is 0 Å². The highest BCUT2D eigenvalue weighted by Gasteiger charge is 2.41. The fraction of sp³-hybridized carbons (Fsp3) is 0.389. The van der Waals surface area contributed by atoms with Gasteiger partial charge in [-0.05, 0) is 12.1 Å². The van der Waals surface area contributed by atoms with E-state index in [2.05, 4.69) is 20.7 Å². The van der Waals surface area contributed by atoms with Crippen molar-refractivity contribution in [3.8, 4) is 0 Å². The topological polar surface area (TPSA) is 96.6 Å². The Morgan fingerprint density at radius 3 is 2.93 bits per heavy atom. The third-order valence-electron chi connectivity index (χ3n) is 4.91. The number of carbonyl (C=O) groups is 2. The summed E-state index contributed by atoms with van der Waals surface area (Å²) in [7, 11) is 1.56. The van der Waals surface area contributed by atoms with E-state index in [0.29, 0.717) is 31.1 Å². The molecule has 29 heavy (non-hydrogen) atoms. The van der Waals surface area contributed by atoms with Crippen LogP contribution in [0.15, 0.2) is 24.4 Å². The third-order valence-corrected chi connectivity index (χ3v) is 4.91. The smallest absolute Gasteiger partial charge is 0.270 e. The number of anilines is 4. The predicted molar refractivity (Wildman–Crippen MR) is 103 cm³/mol. The number of amides is 2. The van der Waals surface area contributed by atoms with E-state index in [1.165, 1.54) is 9.91 Å². The van der Waals surface area contributed by atoms with Gasteiger partial charge in [-0.25, -0.2) is 13.8 Å². The number of hydrogen-bond donors (Lipinski definition) is 3. The molecule has 2 amide bonds. The molecule has 154 valence electrons. The lowest BCUT2D eigenvalue weighted by Gasteiger charge is -2.29. The van der Waals surface area contributed by atoms with Gasteiger partial charge in [0.2, 0.25) is 6.41 Å². The Hall–Kier alpha value is -3.37. The molecular formula is C18H21F2N7O2. The van der Waals surface area contributed by atoms with Gasteiger partial charge in [-0.1, -0.05) is 0 Å². The van der Waals surface area contributed by atoms with Gasteiger partial charge in [0.15, 0.2) is 0 Å². The Morgan fingerprint density at radius 2 is 2.21 bits per heavy atom. The summed E-state index contributed by atoms with van der Waals surface area (Å²) in [4.78, 5) is 33.9. The van der Waals surface area contributed by atoms with Crippen molar-refractivity contribution in [1.82, 2.24) is 19.9 Å². The minimum absolute atomic E-state index is 0.0380. The highest BCUT2D eigenvalue weighted by molar-refractivity contribution is 5.96. The molecule has 0 saturated carbocycles. The summed E-state index contributed by atoms with van der Waals surface area (Å²) >= 11 is 0. The minimum atomic E-state index is -2.83. The monoisotopic (exact) mass is 405 g/mol. The average molecular weight is 405 g/mol. The summed E-state index contributed by atoms with van der Waals surface area (Å²) < 4.78 is 26.9. The number of nitrogens with zero attached hydrogens (tertiary/aromatic N) is 4. The molecule has 0 unspecified atom stereocenters. The Kier molecular flexibility index (Phi) is 4.73. The first kappa shape index (κ1) is 19.0. The van der Waals surface area contributed by atoms with Crippen LogP contribution in [0.5, 0.6) is 0 Å². The van der Waals surface area contributed by atoms with Crippen LogP contribution in [-0.2, 0) is 4.79 Å². The number of hydrazine groups is 1. The first-order valence-electron chi connectivity index (χ1n) is 9.19. The minimum Gasteiger partial charge on any atom is -0.380 e. The molecule has 0 aromatic carbocycles. The fourth-order valence-electron chi connectivity index (χ4n) is 3.51. The number of nitrogens with one attached hydrogen (secondary N) is 3. The molecule has 2 aliphatic heterocycles. The Morgan fingerprint density at radius 1 is 1.38 bits per heavy atom. The van der Waals surface area contributed by atoms with Crippen molar-refractivity contribution in [2.45, 2.75) is 12.3 Å². The number of rotatable bonds is 5. The number of H-pyrrole nitrogens is 1. The van der Waals surface area contributed by atoms with E-state index in [0.717, 1.165) is 11.4 Å². The number of halogens is 2. The van der Waals surface area contributed by atoms with Crippen LogP contribution in [0.4, 0.5) is 31.8 Å². The maximum atomic E-state index is 13.5.